The number of hydrogen-bond acceptors (Lipinski definition) is 4. The van der Waals surface area contributed by atoms with Crippen LogP contribution in [0.25, 0.3) is 0 Å². The maximum absolute atomic E-state index is 12.0. The zero-order valence-corrected chi connectivity index (χ0v) is 11.3. The molecule has 5 heteroatoms. The van der Waals surface area contributed by atoms with E-state index in [1.807, 2.05) is 13.8 Å². The normalized spacial score (nSPS) is 13.4. The van der Waals surface area contributed by atoms with Crippen LogP contribution >= 0.6 is 0 Å². The van der Waals surface area contributed by atoms with E-state index < -0.39 is 17.9 Å². The predicted molar refractivity (Wildman–Crippen MR) is 70.8 cm³/mol. The molecule has 0 aromatic heterocycles. The van der Waals surface area contributed by atoms with E-state index in [4.69, 9.17) is 4.74 Å². The van der Waals surface area contributed by atoms with Gasteiger partial charge in [-0.1, -0.05) is 26.3 Å². The first kappa shape index (κ1) is 15.0. The number of esters is 1. The minimum absolute atomic E-state index is 0.00538. The van der Waals surface area contributed by atoms with E-state index in [0.717, 1.165) is 6.42 Å². The Kier molecular flexibility index (Phi) is 5.36. The number of benzene rings is 1. The van der Waals surface area contributed by atoms with Gasteiger partial charge < -0.3 is 15.2 Å². The molecular formula is C14H19NO4. The Morgan fingerprint density at radius 3 is 2.63 bits per heavy atom. The molecule has 0 aliphatic rings. The van der Waals surface area contributed by atoms with Crippen LogP contribution in [-0.2, 0) is 9.53 Å². The number of nitrogens with one attached hydrogen (secondary N) is 1. The second kappa shape index (κ2) is 6.78. The van der Waals surface area contributed by atoms with Crippen molar-refractivity contribution in [2.75, 3.05) is 7.11 Å². The molecule has 0 bridgehead atoms. The van der Waals surface area contributed by atoms with Gasteiger partial charge in [0.1, 0.15) is 11.8 Å². The number of phenols is 1. The molecule has 0 heterocycles. The van der Waals surface area contributed by atoms with Crippen LogP contribution in [0.3, 0.4) is 0 Å². The fourth-order valence-corrected chi connectivity index (χ4v) is 1.67. The highest BCUT2D eigenvalue weighted by atomic mass is 16.5. The molecule has 1 amide bonds. The quantitative estimate of drug-likeness (QED) is 0.795. The summed E-state index contributed by atoms with van der Waals surface area (Å²) in [6.45, 7) is 3.80. The largest absolute Gasteiger partial charge is 0.508 e. The van der Waals surface area contributed by atoms with Gasteiger partial charge in [-0.2, -0.15) is 0 Å². The summed E-state index contributed by atoms with van der Waals surface area (Å²) in [6, 6.07) is 5.27. The molecule has 1 rings (SSSR count). The number of phenolic OH excluding ortho intramolecular Hbond substituents is 1. The van der Waals surface area contributed by atoms with E-state index in [0.29, 0.717) is 5.56 Å². The minimum Gasteiger partial charge on any atom is -0.508 e. The van der Waals surface area contributed by atoms with Crippen LogP contribution in [0.5, 0.6) is 5.75 Å². The maximum Gasteiger partial charge on any atom is 0.328 e. The summed E-state index contributed by atoms with van der Waals surface area (Å²) >= 11 is 0. The number of methoxy groups -OCH3 is 1. The van der Waals surface area contributed by atoms with E-state index in [-0.39, 0.29) is 11.7 Å². The molecule has 5 nitrogen and oxygen atoms in total. The number of rotatable bonds is 5. The van der Waals surface area contributed by atoms with Crippen molar-refractivity contribution in [3.05, 3.63) is 29.8 Å². The number of carbonyl (C=O) groups excluding carboxylic acids is 2. The topological polar surface area (TPSA) is 75.6 Å². The summed E-state index contributed by atoms with van der Waals surface area (Å²) in [7, 11) is 1.29. The lowest BCUT2D eigenvalue weighted by Crippen LogP contribution is -2.45. The molecule has 0 spiro atoms. The highest BCUT2D eigenvalue weighted by molar-refractivity contribution is 5.97. The first-order chi connectivity index (χ1) is 8.99. The van der Waals surface area contributed by atoms with Crippen LogP contribution in [0.2, 0.25) is 0 Å². The molecule has 1 aromatic rings. The molecule has 0 aliphatic heterocycles. The lowest BCUT2D eigenvalue weighted by molar-refractivity contribution is -0.144. The van der Waals surface area contributed by atoms with Crippen molar-refractivity contribution in [1.29, 1.82) is 0 Å². The van der Waals surface area contributed by atoms with Gasteiger partial charge in [0.2, 0.25) is 0 Å². The van der Waals surface area contributed by atoms with Crippen molar-refractivity contribution < 1.29 is 19.4 Å². The average Bonchev–Trinajstić information content (AvgIpc) is 2.42. The summed E-state index contributed by atoms with van der Waals surface area (Å²) in [4.78, 5) is 23.7. The van der Waals surface area contributed by atoms with E-state index in [2.05, 4.69) is 5.32 Å². The molecule has 0 radical (unpaired) electrons. The summed E-state index contributed by atoms with van der Waals surface area (Å²) in [5.41, 5.74) is 0.303. The molecule has 104 valence electrons. The Labute approximate surface area is 112 Å². The average molecular weight is 265 g/mol. The van der Waals surface area contributed by atoms with Crippen molar-refractivity contribution in [3.8, 4) is 5.75 Å². The van der Waals surface area contributed by atoms with Gasteiger partial charge in [0.15, 0.2) is 0 Å². The van der Waals surface area contributed by atoms with Crippen LogP contribution in [0.4, 0.5) is 0 Å². The van der Waals surface area contributed by atoms with Gasteiger partial charge in [-0.25, -0.2) is 4.79 Å². The Hall–Kier alpha value is -2.04. The van der Waals surface area contributed by atoms with Gasteiger partial charge in [0.25, 0.3) is 5.91 Å². The number of amides is 1. The van der Waals surface area contributed by atoms with E-state index >= 15 is 0 Å². The fourth-order valence-electron chi connectivity index (χ4n) is 1.67. The van der Waals surface area contributed by atoms with Gasteiger partial charge in [0.05, 0.1) is 7.11 Å². The maximum atomic E-state index is 12.0. The molecule has 0 saturated heterocycles. The van der Waals surface area contributed by atoms with Crippen molar-refractivity contribution in [1.82, 2.24) is 5.32 Å². The molecular weight excluding hydrogens is 246 g/mol. The number of hydrogen-bond donors (Lipinski definition) is 2. The van der Waals surface area contributed by atoms with Crippen molar-refractivity contribution in [3.63, 3.8) is 0 Å². The Morgan fingerprint density at radius 1 is 1.42 bits per heavy atom. The molecule has 0 saturated carbocycles. The lowest BCUT2D eigenvalue weighted by Gasteiger charge is -2.21. The van der Waals surface area contributed by atoms with Gasteiger partial charge in [0, 0.05) is 5.56 Å². The molecule has 0 unspecified atom stereocenters. The predicted octanol–water partition coefficient (Wildman–Crippen LogP) is 1.71. The van der Waals surface area contributed by atoms with Gasteiger partial charge in [-0.3, -0.25) is 4.79 Å². The van der Waals surface area contributed by atoms with Crippen molar-refractivity contribution in [2.24, 2.45) is 5.92 Å². The summed E-state index contributed by atoms with van der Waals surface area (Å²) < 4.78 is 4.69. The van der Waals surface area contributed by atoms with Crippen molar-refractivity contribution >= 4 is 11.9 Å². The van der Waals surface area contributed by atoms with Gasteiger partial charge in [-0.15, -0.1) is 0 Å². The third-order valence-corrected chi connectivity index (χ3v) is 3.06. The number of carbonyl (C=O) groups is 2. The Balaban J connectivity index is 2.84. The SMILES string of the molecule is CC[C@H](C)[C@@H](NC(=O)c1cccc(O)c1)C(=O)OC. The highest BCUT2D eigenvalue weighted by Crippen LogP contribution is 2.13. The Bertz CT molecular complexity index is 459. The summed E-state index contributed by atoms with van der Waals surface area (Å²) in [6.07, 6.45) is 0.736. The van der Waals surface area contributed by atoms with Gasteiger partial charge in [-0.05, 0) is 24.1 Å². The molecule has 19 heavy (non-hydrogen) atoms. The first-order valence-corrected chi connectivity index (χ1v) is 6.17. The number of ether oxygens (including phenoxy) is 1. The van der Waals surface area contributed by atoms with E-state index in [1.54, 1.807) is 12.1 Å². The zero-order chi connectivity index (χ0) is 14.4. The highest BCUT2D eigenvalue weighted by Gasteiger charge is 2.27. The molecule has 0 aliphatic carbocycles. The second-order valence-corrected chi connectivity index (χ2v) is 4.41. The molecule has 2 atom stereocenters. The minimum atomic E-state index is -0.690. The van der Waals surface area contributed by atoms with Gasteiger partial charge >= 0.3 is 5.97 Å². The standard InChI is InChI=1S/C14H19NO4/c1-4-9(2)12(14(18)19-3)15-13(17)10-6-5-7-11(16)8-10/h5-9,12,16H,4H2,1-3H3,(H,15,17)/t9-,12+/m0/s1. The summed E-state index contributed by atoms with van der Waals surface area (Å²) in [5, 5.41) is 12.0. The van der Waals surface area contributed by atoms with E-state index in [1.165, 1.54) is 19.2 Å². The van der Waals surface area contributed by atoms with Crippen LogP contribution in [0.15, 0.2) is 24.3 Å². The third kappa shape index (κ3) is 3.98. The molecule has 2 N–H and O–H groups in total. The van der Waals surface area contributed by atoms with Crippen LogP contribution in [0.1, 0.15) is 30.6 Å². The van der Waals surface area contributed by atoms with E-state index in [9.17, 15) is 14.7 Å². The monoisotopic (exact) mass is 265 g/mol. The fraction of sp³-hybridized carbons (Fsp3) is 0.429. The summed E-state index contributed by atoms with van der Waals surface area (Å²) in [5.74, 6) is -0.908. The number of aromatic hydroxyl groups is 1. The smallest absolute Gasteiger partial charge is 0.328 e. The molecule has 1 aromatic carbocycles. The first-order valence-electron chi connectivity index (χ1n) is 6.17. The second-order valence-electron chi connectivity index (χ2n) is 4.41. The van der Waals surface area contributed by atoms with Crippen LogP contribution in [-0.4, -0.2) is 30.1 Å². The lowest BCUT2D eigenvalue weighted by atomic mass is 9.99. The third-order valence-electron chi connectivity index (χ3n) is 3.06. The van der Waals surface area contributed by atoms with Crippen LogP contribution in [0, 0.1) is 5.92 Å². The zero-order valence-electron chi connectivity index (χ0n) is 11.3. The molecule has 0 fully saturated rings. The van der Waals surface area contributed by atoms with Crippen LogP contribution < -0.4 is 5.32 Å². The Morgan fingerprint density at radius 2 is 2.11 bits per heavy atom. The van der Waals surface area contributed by atoms with Crippen molar-refractivity contribution in [2.45, 2.75) is 26.3 Å².